The van der Waals surface area contributed by atoms with Crippen LogP contribution >= 0.6 is 0 Å². The summed E-state index contributed by atoms with van der Waals surface area (Å²) in [6.45, 7) is 1.80. The van der Waals surface area contributed by atoms with Gasteiger partial charge < -0.3 is 4.42 Å². The van der Waals surface area contributed by atoms with E-state index in [0.29, 0.717) is 16.9 Å². The van der Waals surface area contributed by atoms with E-state index in [1.807, 2.05) is 42.5 Å². The van der Waals surface area contributed by atoms with E-state index in [0.717, 1.165) is 6.42 Å². The Morgan fingerprint density at radius 2 is 1.57 bits per heavy atom. The van der Waals surface area contributed by atoms with Crippen LogP contribution < -0.4 is 0 Å². The van der Waals surface area contributed by atoms with Gasteiger partial charge in [-0.1, -0.05) is 54.6 Å². The molecule has 1 aromatic heterocycles. The van der Waals surface area contributed by atoms with E-state index in [2.05, 4.69) is 12.1 Å². The first-order valence-electron chi connectivity index (χ1n) is 6.96. The van der Waals surface area contributed by atoms with Gasteiger partial charge >= 0.3 is 0 Å². The smallest absolute Gasteiger partial charge is 0.196 e. The number of furan rings is 1. The second-order valence-electron chi connectivity index (χ2n) is 5.08. The maximum atomic E-state index is 12.3. The third kappa shape index (κ3) is 2.95. The summed E-state index contributed by atoms with van der Waals surface area (Å²) in [6, 6.07) is 19.8. The van der Waals surface area contributed by atoms with Gasteiger partial charge in [-0.05, 0) is 30.5 Å². The van der Waals surface area contributed by atoms with Crippen molar-refractivity contribution in [3.05, 3.63) is 94.9 Å². The molecular weight excluding hydrogens is 260 g/mol. The van der Waals surface area contributed by atoms with Crippen LogP contribution in [0.1, 0.15) is 32.8 Å². The Morgan fingerprint density at radius 3 is 2.19 bits per heavy atom. The van der Waals surface area contributed by atoms with Crippen LogP contribution in [0, 0.1) is 6.92 Å². The van der Waals surface area contributed by atoms with Gasteiger partial charge in [0.05, 0.1) is 11.8 Å². The fourth-order valence-electron chi connectivity index (χ4n) is 2.38. The van der Waals surface area contributed by atoms with E-state index in [1.165, 1.54) is 11.1 Å². The van der Waals surface area contributed by atoms with Gasteiger partial charge in [0.25, 0.3) is 0 Å². The predicted molar refractivity (Wildman–Crippen MR) is 82.6 cm³/mol. The molecule has 0 aliphatic rings. The van der Waals surface area contributed by atoms with E-state index < -0.39 is 0 Å². The third-order valence-corrected chi connectivity index (χ3v) is 3.57. The summed E-state index contributed by atoms with van der Waals surface area (Å²) in [5, 5.41) is 0. The fourth-order valence-corrected chi connectivity index (χ4v) is 2.38. The largest absolute Gasteiger partial charge is 0.469 e. The van der Waals surface area contributed by atoms with Gasteiger partial charge in [0.2, 0.25) is 0 Å². The molecule has 3 rings (SSSR count). The van der Waals surface area contributed by atoms with Crippen LogP contribution in [0.4, 0.5) is 0 Å². The number of benzene rings is 2. The zero-order valence-electron chi connectivity index (χ0n) is 11.9. The molecule has 0 aliphatic heterocycles. The molecule has 0 unspecified atom stereocenters. The molecule has 0 fully saturated rings. The monoisotopic (exact) mass is 276 g/mol. The van der Waals surface area contributed by atoms with Crippen molar-refractivity contribution in [2.45, 2.75) is 13.3 Å². The Bertz CT molecular complexity index is 737. The highest BCUT2D eigenvalue weighted by Gasteiger charge is 2.13. The minimum absolute atomic E-state index is 0.00695. The molecule has 0 radical (unpaired) electrons. The lowest BCUT2D eigenvalue weighted by atomic mass is 10.00. The Balaban J connectivity index is 1.78. The Labute approximate surface area is 124 Å². The van der Waals surface area contributed by atoms with E-state index in [-0.39, 0.29) is 5.78 Å². The number of hydrogen-bond donors (Lipinski definition) is 0. The molecule has 2 heteroatoms. The molecule has 3 aromatic rings. The topological polar surface area (TPSA) is 30.2 Å². The number of ketones is 1. The molecule has 21 heavy (non-hydrogen) atoms. The summed E-state index contributed by atoms with van der Waals surface area (Å²) in [5.41, 5.74) is 3.78. The predicted octanol–water partition coefficient (Wildman–Crippen LogP) is 4.41. The average molecular weight is 276 g/mol. The lowest BCUT2D eigenvalue weighted by Gasteiger charge is -2.04. The van der Waals surface area contributed by atoms with E-state index in [4.69, 9.17) is 4.42 Å². The van der Waals surface area contributed by atoms with Gasteiger partial charge in [0, 0.05) is 5.56 Å². The molecule has 0 bridgehead atoms. The van der Waals surface area contributed by atoms with Crippen LogP contribution in [0.3, 0.4) is 0 Å². The van der Waals surface area contributed by atoms with Crippen molar-refractivity contribution in [2.75, 3.05) is 0 Å². The number of carbonyl (C=O) groups is 1. The lowest BCUT2D eigenvalue weighted by Crippen LogP contribution is -2.01. The summed E-state index contributed by atoms with van der Waals surface area (Å²) in [5.74, 6) is 0.667. The first-order valence-corrected chi connectivity index (χ1v) is 6.96. The number of hydrogen-bond acceptors (Lipinski definition) is 2. The number of rotatable bonds is 4. The normalized spacial score (nSPS) is 10.5. The van der Waals surface area contributed by atoms with Crippen LogP contribution in [0.15, 0.2) is 71.3 Å². The molecule has 0 saturated heterocycles. The summed E-state index contributed by atoms with van der Waals surface area (Å²) in [4.78, 5) is 12.3. The Morgan fingerprint density at radius 1 is 0.905 bits per heavy atom. The van der Waals surface area contributed by atoms with Gasteiger partial charge in [-0.2, -0.15) is 0 Å². The molecule has 0 amide bonds. The molecular formula is C19H16O2. The SMILES string of the molecule is Cc1occc1C(=O)c1ccc(Cc2ccccc2)cc1. The Hall–Kier alpha value is -2.61. The minimum atomic E-state index is 0.00695. The van der Waals surface area contributed by atoms with Crippen molar-refractivity contribution in [2.24, 2.45) is 0 Å². The van der Waals surface area contributed by atoms with Gasteiger partial charge in [-0.3, -0.25) is 4.79 Å². The zero-order valence-corrected chi connectivity index (χ0v) is 11.9. The summed E-state index contributed by atoms with van der Waals surface area (Å²) in [6.07, 6.45) is 2.42. The highest BCUT2D eigenvalue weighted by atomic mass is 16.3. The molecule has 0 N–H and O–H groups in total. The van der Waals surface area contributed by atoms with Gasteiger partial charge in [0.15, 0.2) is 5.78 Å². The number of aryl methyl sites for hydroxylation is 1. The quantitative estimate of drug-likeness (QED) is 0.661. The van der Waals surface area contributed by atoms with Crippen LogP contribution in [0.5, 0.6) is 0 Å². The molecule has 104 valence electrons. The fraction of sp³-hybridized carbons (Fsp3) is 0.105. The van der Waals surface area contributed by atoms with Crippen LogP contribution in [0.25, 0.3) is 0 Å². The van der Waals surface area contributed by atoms with Crippen molar-refractivity contribution in [3.63, 3.8) is 0 Å². The van der Waals surface area contributed by atoms with Crippen LogP contribution in [-0.2, 0) is 6.42 Å². The van der Waals surface area contributed by atoms with Crippen molar-refractivity contribution in [1.29, 1.82) is 0 Å². The van der Waals surface area contributed by atoms with E-state index >= 15 is 0 Å². The van der Waals surface area contributed by atoms with Crippen molar-refractivity contribution in [3.8, 4) is 0 Å². The highest BCUT2D eigenvalue weighted by molar-refractivity contribution is 6.09. The van der Waals surface area contributed by atoms with Gasteiger partial charge in [-0.15, -0.1) is 0 Å². The minimum Gasteiger partial charge on any atom is -0.469 e. The van der Waals surface area contributed by atoms with Crippen LogP contribution in [0.2, 0.25) is 0 Å². The Kier molecular flexibility index (Phi) is 3.69. The molecule has 0 atom stereocenters. The standard InChI is InChI=1S/C19H16O2/c1-14-18(11-12-21-14)19(20)17-9-7-16(8-10-17)13-15-5-3-2-4-6-15/h2-12H,13H2,1H3. The first kappa shape index (κ1) is 13.4. The summed E-state index contributed by atoms with van der Waals surface area (Å²) >= 11 is 0. The molecule has 0 spiro atoms. The second kappa shape index (κ2) is 5.80. The molecule has 0 aliphatic carbocycles. The molecule has 0 saturated carbocycles. The summed E-state index contributed by atoms with van der Waals surface area (Å²) < 4.78 is 5.19. The maximum Gasteiger partial charge on any atom is 0.196 e. The summed E-state index contributed by atoms with van der Waals surface area (Å²) in [7, 11) is 0. The van der Waals surface area contributed by atoms with Crippen LogP contribution in [-0.4, -0.2) is 5.78 Å². The second-order valence-corrected chi connectivity index (χ2v) is 5.08. The van der Waals surface area contributed by atoms with Gasteiger partial charge in [0.1, 0.15) is 5.76 Å². The highest BCUT2D eigenvalue weighted by Crippen LogP contribution is 2.17. The molecule has 1 heterocycles. The van der Waals surface area contributed by atoms with Crippen molar-refractivity contribution < 1.29 is 9.21 Å². The maximum absolute atomic E-state index is 12.3. The zero-order chi connectivity index (χ0) is 14.7. The molecule has 2 nitrogen and oxygen atoms in total. The van der Waals surface area contributed by atoms with Gasteiger partial charge in [-0.25, -0.2) is 0 Å². The van der Waals surface area contributed by atoms with Crippen molar-refractivity contribution >= 4 is 5.78 Å². The number of carbonyl (C=O) groups excluding carboxylic acids is 1. The van der Waals surface area contributed by atoms with E-state index in [9.17, 15) is 4.79 Å². The first-order chi connectivity index (χ1) is 10.2. The lowest BCUT2D eigenvalue weighted by molar-refractivity contribution is 0.103. The average Bonchev–Trinajstić information content (AvgIpc) is 2.94. The van der Waals surface area contributed by atoms with E-state index in [1.54, 1.807) is 19.3 Å². The molecule has 2 aromatic carbocycles. The van der Waals surface area contributed by atoms with Crippen molar-refractivity contribution in [1.82, 2.24) is 0 Å². The third-order valence-electron chi connectivity index (χ3n) is 3.57.